The fourth-order valence-corrected chi connectivity index (χ4v) is 12.4. The molecular formula is C21H26F9IO2Sn. The molecule has 2 nitrogen and oxygen atoms in total. The van der Waals surface area contributed by atoms with E-state index in [9.17, 15) is 44.3 Å². The standard InChI is InChI=1S/C11H13O2.C8H7F9I.2CH3.Sn/c1-11(2,3)13-10(12)9-7-5-4-6-8-9;1-2-4(18)3-5(9,10)6(11,12)7(13,14)8(15,16)17;;;/h5-8H,1-3H3;4H,1-3H2;2*1H3;. The second kappa shape index (κ2) is 10.5. The first-order valence-corrected chi connectivity index (χ1v) is 20.5. The number of rotatable bonds is 9. The van der Waals surface area contributed by atoms with Gasteiger partial charge >= 0.3 is 211 Å². The number of hydrogen-bond donors (Lipinski definition) is 0. The molecule has 196 valence electrons. The average Bonchev–Trinajstić information content (AvgIpc) is 2.63. The number of halogens is 10. The Morgan fingerprint density at radius 2 is 1.38 bits per heavy atom. The number of alkyl halides is 10. The van der Waals surface area contributed by atoms with Crippen molar-refractivity contribution in [2.45, 2.75) is 81.4 Å². The zero-order valence-electron chi connectivity index (χ0n) is 19.1. The molecule has 1 rings (SSSR count). The first-order valence-electron chi connectivity index (χ1n) is 10.1. The molecule has 0 radical (unpaired) electrons. The van der Waals surface area contributed by atoms with Gasteiger partial charge in [-0.15, -0.1) is 0 Å². The molecule has 34 heavy (non-hydrogen) atoms. The van der Waals surface area contributed by atoms with Gasteiger partial charge in [-0.1, -0.05) is 0 Å². The van der Waals surface area contributed by atoms with Crippen molar-refractivity contribution in [3.05, 3.63) is 29.8 Å². The topological polar surface area (TPSA) is 26.3 Å². The van der Waals surface area contributed by atoms with Gasteiger partial charge in [0.25, 0.3) is 0 Å². The molecule has 1 aromatic carbocycles. The number of esters is 1. The van der Waals surface area contributed by atoms with Gasteiger partial charge in [0.1, 0.15) is 0 Å². The third-order valence-electron chi connectivity index (χ3n) is 5.07. The maximum absolute atomic E-state index is 13.9. The summed E-state index contributed by atoms with van der Waals surface area (Å²) in [5.74, 6) is -19.5. The second-order valence-corrected chi connectivity index (χ2v) is 25.2. The summed E-state index contributed by atoms with van der Waals surface area (Å²) >= 11 is -1.82. The van der Waals surface area contributed by atoms with Gasteiger partial charge in [-0.05, 0) is 0 Å². The Bertz CT molecular complexity index is 847. The predicted octanol–water partition coefficient (Wildman–Crippen LogP) is 7.61. The Morgan fingerprint density at radius 3 is 1.79 bits per heavy atom. The van der Waals surface area contributed by atoms with Gasteiger partial charge in [0, 0.05) is 0 Å². The SMILES string of the molecule is CC(C)(C)OC(=O)c1cc[c]([Sn]([CH3])([CH3])[CH2]CC(I)CC(F)(F)C(F)(F)C(F)(F)C(F)(F)F)cc1. The van der Waals surface area contributed by atoms with E-state index in [0.29, 0.717) is 10.0 Å². The van der Waals surface area contributed by atoms with E-state index in [1.165, 1.54) is 22.6 Å². The van der Waals surface area contributed by atoms with Crippen LogP contribution in [0.5, 0.6) is 0 Å². The summed E-state index contributed by atoms with van der Waals surface area (Å²) < 4.78 is 123. The molecule has 13 heteroatoms. The Morgan fingerprint density at radius 1 is 0.912 bits per heavy atom. The van der Waals surface area contributed by atoms with E-state index in [1.54, 1.807) is 45.0 Å². The van der Waals surface area contributed by atoms with Crippen molar-refractivity contribution in [3.8, 4) is 0 Å². The summed E-state index contributed by atoms with van der Waals surface area (Å²) in [5.41, 5.74) is -0.382. The molecule has 0 amide bonds. The molecule has 1 aromatic rings. The molecule has 0 saturated carbocycles. The number of ether oxygens (including phenoxy) is 1. The van der Waals surface area contributed by atoms with Crippen LogP contribution in [0.1, 0.15) is 44.0 Å². The van der Waals surface area contributed by atoms with Crippen LogP contribution in [0.4, 0.5) is 39.5 Å². The van der Waals surface area contributed by atoms with Crippen molar-refractivity contribution in [1.29, 1.82) is 0 Å². The van der Waals surface area contributed by atoms with Crippen LogP contribution >= 0.6 is 22.6 Å². The van der Waals surface area contributed by atoms with Crippen LogP contribution in [0.3, 0.4) is 0 Å². The van der Waals surface area contributed by atoms with E-state index >= 15 is 0 Å². The van der Waals surface area contributed by atoms with E-state index in [-0.39, 0.29) is 6.42 Å². The molecule has 0 spiro atoms. The molecule has 0 aliphatic carbocycles. The van der Waals surface area contributed by atoms with Crippen LogP contribution in [0.2, 0.25) is 14.3 Å². The third kappa shape index (κ3) is 7.55. The normalized spacial score (nSPS) is 15.3. The van der Waals surface area contributed by atoms with Crippen molar-refractivity contribution < 1.29 is 49.0 Å². The molecule has 0 bridgehead atoms. The van der Waals surface area contributed by atoms with Crippen LogP contribution in [0.15, 0.2) is 24.3 Å². The van der Waals surface area contributed by atoms with E-state index in [2.05, 4.69) is 0 Å². The maximum atomic E-state index is 13.9. The van der Waals surface area contributed by atoms with Gasteiger partial charge in [-0.3, -0.25) is 0 Å². The number of benzene rings is 1. The molecular weight excluding hydrogens is 701 g/mol. The van der Waals surface area contributed by atoms with Gasteiger partial charge < -0.3 is 0 Å². The summed E-state index contributed by atoms with van der Waals surface area (Å²) in [6.45, 7) is 5.13. The minimum absolute atomic E-state index is 0.0687. The summed E-state index contributed by atoms with van der Waals surface area (Å²) in [6, 6.07) is 6.50. The van der Waals surface area contributed by atoms with Crippen molar-refractivity contribution in [3.63, 3.8) is 0 Å². The zero-order valence-corrected chi connectivity index (χ0v) is 24.1. The average molecular weight is 727 g/mol. The summed E-state index contributed by atoms with van der Waals surface area (Å²) in [5, 5.41) is 0. The second-order valence-electron chi connectivity index (χ2n) is 9.65. The fourth-order valence-electron chi connectivity index (χ4n) is 2.97. The van der Waals surface area contributed by atoms with Crippen LogP contribution in [-0.2, 0) is 4.74 Å². The van der Waals surface area contributed by atoms with E-state index < -0.39 is 64.2 Å². The molecule has 1 atom stereocenters. The molecule has 0 fully saturated rings. The first-order chi connectivity index (χ1) is 14.9. The molecule has 0 N–H and O–H groups in total. The van der Waals surface area contributed by atoms with Crippen LogP contribution in [0.25, 0.3) is 0 Å². The molecule has 0 aliphatic heterocycles. The number of carbonyl (C=O) groups excluding carboxylic acids is 1. The van der Waals surface area contributed by atoms with E-state index in [1.807, 2.05) is 9.88 Å². The van der Waals surface area contributed by atoms with E-state index in [0.717, 1.165) is 3.58 Å². The Kier molecular flexibility index (Phi) is 9.79. The molecule has 0 aliphatic rings. The van der Waals surface area contributed by atoms with Crippen LogP contribution < -0.4 is 3.58 Å². The van der Waals surface area contributed by atoms with Crippen LogP contribution in [-0.4, -0.2) is 57.8 Å². The monoisotopic (exact) mass is 728 g/mol. The van der Waals surface area contributed by atoms with Crippen molar-refractivity contribution in [2.24, 2.45) is 0 Å². The summed E-state index contributed by atoms with van der Waals surface area (Å²) in [6.07, 6.45) is -8.71. The zero-order chi connectivity index (χ0) is 27.0. The van der Waals surface area contributed by atoms with Crippen molar-refractivity contribution in [1.82, 2.24) is 0 Å². The summed E-state index contributed by atoms with van der Waals surface area (Å²) in [4.78, 5) is 16.0. The Balaban J connectivity index is 2.87. The minimum atomic E-state index is -6.87. The molecule has 0 heterocycles. The molecule has 1 unspecified atom stereocenters. The van der Waals surface area contributed by atoms with Gasteiger partial charge in [-0.2, -0.15) is 0 Å². The fraction of sp³-hybridized carbons (Fsp3) is 0.667. The van der Waals surface area contributed by atoms with Gasteiger partial charge in [-0.25, -0.2) is 0 Å². The number of hydrogen-bond acceptors (Lipinski definition) is 2. The van der Waals surface area contributed by atoms with Crippen molar-refractivity contribution in [2.75, 3.05) is 0 Å². The van der Waals surface area contributed by atoms with Crippen LogP contribution in [0, 0.1) is 0 Å². The van der Waals surface area contributed by atoms with E-state index in [4.69, 9.17) is 4.74 Å². The third-order valence-corrected chi connectivity index (χ3v) is 15.9. The number of carbonyl (C=O) groups is 1. The summed E-state index contributed by atoms with van der Waals surface area (Å²) in [7, 11) is 0. The quantitative estimate of drug-likeness (QED) is 0.0862. The van der Waals surface area contributed by atoms with Gasteiger partial charge in [0.05, 0.1) is 0 Å². The first kappa shape index (κ1) is 31.6. The van der Waals surface area contributed by atoms with Gasteiger partial charge in [0.15, 0.2) is 0 Å². The predicted molar refractivity (Wildman–Crippen MR) is 121 cm³/mol. The molecule has 0 aromatic heterocycles. The Hall–Kier alpha value is -0.411. The Labute approximate surface area is 210 Å². The molecule has 0 saturated heterocycles. The van der Waals surface area contributed by atoms with Crippen molar-refractivity contribution >= 4 is 50.5 Å². The van der Waals surface area contributed by atoms with Gasteiger partial charge in [0.2, 0.25) is 0 Å².